The minimum atomic E-state index is -2.29. The van der Waals surface area contributed by atoms with Crippen molar-refractivity contribution in [2.24, 2.45) is 0 Å². The van der Waals surface area contributed by atoms with Gasteiger partial charge in [-0.05, 0) is 19.3 Å². The van der Waals surface area contributed by atoms with Crippen LogP contribution < -0.4 is 16.0 Å². The first kappa shape index (κ1) is 90.8. The number of unbranched alkanes of at least 4 members (excludes halogenated alkanes) is 27. The number of rotatable bonds is 51. The number of carbonyl (C=O) groups excluding carboxylic acids is 3. The molecule has 31 heteroatoms. The highest BCUT2D eigenvalue weighted by Gasteiger charge is 2.58. The molecule has 27 atom stereocenters. The van der Waals surface area contributed by atoms with E-state index >= 15 is 0 Å². The molecule has 5 fully saturated rings. The third-order valence-electron chi connectivity index (χ3n) is 20.1. The lowest BCUT2D eigenvalue weighted by atomic mass is 9.93. The molecular formula is C72H131N3O28. The molecule has 0 aromatic heterocycles. The van der Waals surface area contributed by atoms with Crippen molar-refractivity contribution in [2.45, 2.75) is 386 Å². The van der Waals surface area contributed by atoms with Crippen LogP contribution >= 0.6 is 0 Å². The minimum Gasteiger partial charge on any atom is -0.394 e. The Morgan fingerprint density at radius 2 is 0.728 bits per heavy atom. The van der Waals surface area contributed by atoms with Crippen molar-refractivity contribution in [1.82, 2.24) is 16.0 Å². The van der Waals surface area contributed by atoms with E-state index in [1.165, 1.54) is 122 Å². The first-order valence-corrected chi connectivity index (χ1v) is 38.5. The Kier molecular flexibility index (Phi) is 44.1. The lowest BCUT2D eigenvalue weighted by molar-refractivity contribution is -0.395. The zero-order valence-corrected chi connectivity index (χ0v) is 61.2. The summed E-state index contributed by atoms with van der Waals surface area (Å²) in [5.74, 6) is -1.97. The Bertz CT molecular complexity index is 2310. The van der Waals surface area contributed by atoms with Crippen molar-refractivity contribution in [3.8, 4) is 0 Å². The van der Waals surface area contributed by atoms with Crippen LogP contribution in [-0.4, -0.2) is 300 Å². The van der Waals surface area contributed by atoms with Gasteiger partial charge in [-0.15, -0.1) is 0 Å². The van der Waals surface area contributed by atoms with Gasteiger partial charge in [-0.2, -0.15) is 0 Å². The van der Waals surface area contributed by atoms with Crippen LogP contribution in [0.4, 0.5) is 0 Å². The van der Waals surface area contributed by atoms with Gasteiger partial charge in [0.1, 0.15) is 122 Å². The molecule has 0 aromatic carbocycles. The number of nitrogens with one attached hydrogen (secondary N) is 3. The fourth-order valence-corrected chi connectivity index (χ4v) is 14.0. The van der Waals surface area contributed by atoms with Gasteiger partial charge in [-0.3, -0.25) is 14.4 Å². The van der Waals surface area contributed by atoms with E-state index < -0.39 is 217 Å². The summed E-state index contributed by atoms with van der Waals surface area (Å²) in [6.07, 6.45) is -7.63. The summed E-state index contributed by atoms with van der Waals surface area (Å²) in [4.78, 5) is 39.1. The molecule has 0 aromatic rings. The number of ether oxygens (including phenoxy) is 10. The summed E-state index contributed by atoms with van der Waals surface area (Å²) in [5, 5.41) is 174. The van der Waals surface area contributed by atoms with Crippen molar-refractivity contribution in [2.75, 3.05) is 39.6 Å². The van der Waals surface area contributed by atoms with Crippen molar-refractivity contribution in [1.29, 1.82) is 0 Å². The quantitative estimate of drug-likeness (QED) is 0.0292. The number of hydrogen-bond acceptors (Lipinski definition) is 28. The summed E-state index contributed by atoms with van der Waals surface area (Å²) in [6, 6.07) is -4.56. The molecule has 10 unspecified atom stereocenters. The maximum Gasteiger partial charge on any atom is 0.220 e. The van der Waals surface area contributed by atoms with Gasteiger partial charge >= 0.3 is 0 Å². The van der Waals surface area contributed by atoms with E-state index in [-0.39, 0.29) is 12.3 Å². The molecule has 5 heterocycles. The Balaban J connectivity index is 1.31. The van der Waals surface area contributed by atoms with Gasteiger partial charge < -0.3 is 140 Å². The van der Waals surface area contributed by atoms with E-state index in [0.717, 1.165) is 65.2 Å². The van der Waals surface area contributed by atoms with Crippen molar-refractivity contribution in [3.63, 3.8) is 0 Å². The molecule has 18 N–H and O–H groups in total. The fraction of sp³-hybridized carbons (Fsp3) is 0.931. The van der Waals surface area contributed by atoms with Crippen LogP contribution in [0.15, 0.2) is 12.2 Å². The lowest BCUT2D eigenvalue weighted by Gasteiger charge is -2.51. The molecule has 5 saturated heterocycles. The molecule has 5 aliphatic heterocycles. The highest BCUT2D eigenvalue weighted by molar-refractivity contribution is 5.76. The predicted octanol–water partition coefficient (Wildman–Crippen LogP) is 0.532. The van der Waals surface area contributed by atoms with Gasteiger partial charge in [0, 0.05) is 20.3 Å². The maximum absolute atomic E-state index is 13.6. The monoisotopic (exact) mass is 1490 g/mol. The largest absolute Gasteiger partial charge is 0.394 e. The molecule has 31 nitrogen and oxygen atoms in total. The normalized spacial score (nSPS) is 34.9. The molecule has 0 bridgehead atoms. The molecule has 3 amide bonds. The summed E-state index contributed by atoms with van der Waals surface area (Å²) < 4.78 is 60.2. The van der Waals surface area contributed by atoms with Crippen LogP contribution in [0.2, 0.25) is 0 Å². The number of hydrogen-bond donors (Lipinski definition) is 18. The van der Waals surface area contributed by atoms with Crippen LogP contribution in [0.5, 0.6) is 0 Å². The van der Waals surface area contributed by atoms with Gasteiger partial charge in [-0.1, -0.05) is 193 Å². The van der Waals surface area contributed by atoms with Crippen LogP contribution in [0.25, 0.3) is 0 Å². The summed E-state index contributed by atoms with van der Waals surface area (Å²) in [7, 11) is 0. The fourth-order valence-electron chi connectivity index (χ4n) is 14.0. The SMILES string of the molecule is CCCCCCCCCCCCC/C=C/[C@@H](O)[C@H](CO[C@@H]1OC(CO)[C@@H](O[C@@H]2OC(CO)[C@H](O[C@@H]3OC(CO)[C@H](O)[C@H](O)C3NC(C)=O)[C@H](O[C@@H]3OC(CO)[C@@H](O[C@@H]4OC(CO)[C@H](O)[C@H](O)C4O)[C@H](O)C3NC(C)=O)C2O)[C@H](O)C1O)NC(=O)CCCCCCCCCCCCCCCCCCC. The topological polar surface area (TPSA) is 483 Å². The van der Waals surface area contributed by atoms with E-state index in [4.69, 9.17) is 47.4 Å². The third kappa shape index (κ3) is 29.5. The Labute approximate surface area is 607 Å². The highest BCUT2D eigenvalue weighted by atomic mass is 16.8. The van der Waals surface area contributed by atoms with Crippen LogP contribution in [0.1, 0.15) is 220 Å². The van der Waals surface area contributed by atoms with Gasteiger partial charge in [-0.25, -0.2) is 0 Å². The number of allylic oxidation sites excluding steroid dienone is 1. The van der Waals surface area contributed by atoms with Crippen molar-refractivity contribution < 1.29 is 138 Å². The molecule has 0 radical (unpaired) electrons. The maximum atomic E-state index is 13.6. The minimum absolute atomic E-state index is 0.171. The number of aliphatic hydroxyl groups excluding tert-OH is 15. The average Bonchev–Trinajstić information content (AvgIpc) is 0.766. The summed E-state index contributed by atoms with van der Waals surface area (Å²) >= 11 is 0. The molecule has 602 valence electrons. The highest BCUT2D eigenvalue weighted by Crippen LogP contribution is 2.38. The number of carbonyl (C=O) groups is 3. The first-order valence-electron chi connectivity index (χ1n) is 38.5. The zero-order valence-electron chi connectivity index (χ0n) is 61.2. The molecular weight excluding hydrogens is 1350 g/mol. The molecule has 103 heavy (non-hydrogen) atoms. The molecule has 0 spiro atoms. The Morgan fingerprint density at radius 3 is 1.19 bits per heavy atom. The van der Waals surface area contributed by atoms with Gasteiger partial charge in [0.15, 0.2) is 31.5 Å². The molecule has 5 rings (SSSR count). The second kappa shape index (κ2) is 50.0. The number of aliphatic hydroxyl groups is 15. The molecule has 0 aliphatic carbocycles. The molecule has 5 aliphatic rings. The standard InChI is InChI=1S/C72H131N3O28/c1-5-7-9-11-13-15-17-19-20-21-22-24-26-28-30-32-34-36-52(84)75-45(46(83)35-33-31-29-27-25-23-18-16-14-12-10-8-6-2)42-94-70-62(92)60(90)65(50(40-79)98-70)101-72-63(93)67(66(51(41-80)99-72)102-68-53(73-43(3)81)57(87)55(85)47(37-76)95-68)103-69-54(74-44(4)82)58(88)64(49(39-78)97-69)100-71-61(91)59(89)56(86)48(38-77)96-71/h33,35,45-51,53-72,76-80,83,85-93H,5-32,34,36-42H2,1-4H3,(H,73,81)(H,74,82)(H,75,84)/b35-33+/t45-,46+,47?,48?,49?,50?,51?,53?,54?,55-,56-,57+,58+,59-,60+,61?,62?,63?,64+,65+,66-,67+,68-,69-,70+,71-,72-/m0/s1. The second-order valence-electron chi connectivity index (χ2n) is 28.6. The Morgan fingerprint density at radius 1 is 0.379 bits per heavy atom. The summed E-state index contributed by atoms with van der Waals surface area (Å²) in [5.41, 5.74) is 0. The zero-order chi connectivity index (χ0) is 75.4. The average molecular weight is 1490 g/mol. The first-order chi connectivity index (χ1) is 49.6. The Hall–Kier alpha value is -2.85. The van der Waals surface area contributed by atoms with Gasteiger partial charge in [0.05, 0.1) is 51.8 Å². The third-order valence-corrected chi connectivity index (χ3v) is 20.1. The van der Waals surface area contributed by atoms with E-state index in [1.807, 2.05) is 6.08 Å². The van der Waals surface area contributed by atoms with E-state index in [0.29, 0.717) is 12.8 Å². The van der Waals surface area contributed by atoms with E-state index in [1.54, 1.807) is 6.08 Å². The van der Waals surface area contributed by atoms with Crippen LogP contribution in [-0.2, 0) is 61.8 Å². The predicted molar refractivity (Wildman–Crippen MR) is 370 cm³/mol. The van der Waals surface area contributed by atoms with E-state index in [2.05, 4.69) is 29.8 Å². The van der Waals surface area contributed by atoms with Gasteiger partial charge in [0.2, 0.25) is 17.7 Å². The second-order valence-corrected chi connectivity index (χ2v) is 28.6. The number of amides is 3. The molecule has 0 saturated carbocycles. The van der Waals surface area contributed by atoms with E-state index in [9.17, 15) is 91.0 Å². The van der Waals surface area contributed by atoms with Crippen LogP contribution in [0.3, 0.4) is 0 Å². The smallest absolute Gasteiger partial charge is 0.220 e. The lowest BCUT2D eigenvalue weighted by Crippen LogP contribution is -2.71. The van der Waals surface area contributed by atoms with Gasteiger partial charge in [0.25, 0.3) is 0 Å². The van der Waals surface area contributed by atoms with Crippen molar-refractivity contribution >= 4 is 17.7 Å². The summed E-state index contributed by atoms with van der Waals surface area (Å²) in [6.45, 7) is 1.21. The van der Waals surface area contributed by atoms with Crippen LogP contribution in [0, 0.1) is 0 Å². The van der Waals surface area contributed by atoms with Crippen molar-refractivity contribution in [3.05, 3.63) is 12.2 Å².